The minimum absolute atomic E-state index is 0.410. The highest BCUT2D eigenvalue weighted by Gasteiger charge is 2.54. The second-order valence-corrected chi connectivity index (χ2v) is 17.4. The van der Waals surface area contributed by atoms with E-state index in [1.54, 1.807) is 0 Å². The number of para-hydroxylation sites is 1. The second kappa shape index (κ2) is 12.8. The van der Waals surface area contributed by atoms with Crippen LogP contribution in [0.2, 0.25) is 0 Å². The fourth-order valence-corrected chi connectivity index (χ4v) is 12.5. The molecule has 0 radical (unpaired) electrons. The topological polar surface area (TPSA) is 3.24 Å². The summed E-state index contributed by atoms with van der Waals surface area (Å²) in [7, 11) is 0. The molecule has 14 rings (SSSR count). The summed E-state index contributed by atoms with van der Waals surface area (Å²) in [4.78, 5) is 2.56. The first-order chi connectivity index (χ1) is 31.3. The summed E-state index contributed by atoms with van der Waals surface area (Å²) in [6, 6.07) is 88.8. The number of nitrogens with zero attached hydrogens (tertiary/aromatic N) is 1. The molecule has 10 aromatic rings. The monoisotopic (exact) mass is 797 g/mol. The zero-order valence-corrected chi connectivity index (χ0v) is 34.5. The SMILES string of the molecule is c1ccc(-c2ccccc2N(c2ccc3c(c2)-c2ccccc2C32c3ccccc3-c3ccccc32)c2cccc3c2-c2ccccc2C32c3ccccc3-c3ccccc32)cc1. The molecule has 10 aromatic carbocycles. The van der Waals surface area contributed by atoms with Gasteiger partial charge in [0.25, 0.3) is 0 Å². The molecule has 0 unspecified atom stereocenters. The predicted octanol–water partition coefficient (Wildman–Crippen LogP) is 15.5. The molecular formula is C62H39N. The van der Waals surface area contributed by atoms with Crippen LogP contribution < -0.4 is 4.90 Å². The van der Waals surface area contributed by atoms with Gasteiger partial charge in [0.15, 0.2) is 0 Å². The summed E-state index contributed by atoms with van der Waals surface area (Å²) < 4.78 is 0. The fourth-order valence-electron chi connectivity index (χ4n) is 12.5. The number of fused-ring (bicyclic) bond motifs is 20. The van der Waals surface area contributed by atoms with E-state index in [1.165, 1.54) is 106 Å². The second-order valence-electron chi connectivity index (χ2n) is 17.4. The highest BCUT2D eigenvalue weighted by atomic mass is 15.1. The Morgan fingerprint density at radius 2 is 0.603 bits per heavy atom. The van der Waals surface area contributed by atoms with Crippen molar-refractivity contribution in [2.75, 3.05) is 4.90 Å². The van der Waals surface area contributed by atoms with Crippen molar-refractivity contribution in [2.24, 2.45) is 0 Å². The van der Waals surface area contributed by atoms with E-state index in [4.69, 9.17) is 0 Å². The molecule has 0 atom stereocenters. The first-order valence-corrected chi connectivity index (χ1v) is 22.1. The fraction of sp³-hybridized carbons (Fsp3) is 0.0323. The molecule has 4 aliphatic rings. The van der Waals surface area contributed by atoms with Crippen LogP contribution in [0.3, 0.4) is 0 Å². The van der Waals surface area contributed by atoms with E-state index in [0.717, 1.165) is 11.4 Å². The minimum Gasteiger partial charge on any atom is -0.309 e. The van der Waals surface area contributed by atoms with Crippen LogP contribution in [0, 0.1) is 0 Å². The standard InChI is InChI=1S/C62H39N/c1-2-19-40(20-3-1)42-21-10-17-35-58(42)63(41-37-38-56-49(39-41)47-26-8-15-32-54(47)61(56)50-28-11-4-22-43(50)44-23-5-12-29-51(44)61)59-36-18-34-57-60(59)48-27-9-16-33-55(48)62(57)52-30-13-6-24-45(52)46-25-7-14-31-53(46)62/h1-39H. The quantitative estimate of drug-likeness (QED) is 0.171. The number of anilines is 3. The molecule has 0 aromatic heterocycles. The van der Waals surface area contributed by atoms with Gasteiger partial charge in [-0.05, 0) is 113 Å². The Morgan fingerprint density at radius 1 is 0.238 bits per heavy atom. The first kappa shape index (κ1) is 34.7. The smallest absolute Gasteiger partial charge is 0.0726 e. The van der Waals surface area contributed by atoms with Crippen LogP contribution in [-0.4, -0.2) is 0 Å². The zero-order valence-electron chi connectivity index (χ0n) is 34.5. The molecule has 0 amide bonds. The lowest BCUT2D eigenvalue weighted by Gasteiger charge is -2.33. The van der Waals surface area contributed by atoms with E-state index in [9.17, 15) is 0 Å². The van der Waals surface area contributed by atoms with Crippen molar-refractivity contribution in [3.8, 4) is 55.6 Å². The molecule has 0 aliphatic heterocycles. The maximum absolute atomic E-state index is 2.56. The third kappa shape index (κ3) is 4.31. The van der Waals surface area contributed by atoms with Gasteiger partial charge in [0.2, 0.25) is 0 Å². The number of hydrogen-bond donors (Lipinski definition) is 0. The van der Waals surface area contributed by atoms with Crippen molar-refractivity contribution in [2.45, 2.75) is 10.8 Å². The van der Waals surface area contributed by atoms with Crippen LogP contribution in [0.5, 0.6) is 0 Å². The van der Waals surface area contributed by atoms with E-state index < -0.39 is 10.8 Å². The Hall–Kier alpha value is -8.00. The molecule has 2 spiro atoms. The zero-order chi connectivity index (χ0) is 41.3. The largest absolute Gasteiger partial charge is 0.309 e. The van der Waals surface area contributed by atoms with Crippen LogP contribution in [0.4, 0.5) is 17.1 Å². The Labute approximate surface area is 367 Å². The molecule has 63 heavy (non-hydrogen) atoms. The van der Waals surface area contributed by atoms with Gasteiger partial charge in [-0.2, -0.15) is 0 Å². The average molecular weight is 798 g/mol. The van der Waals surface area contributed by atoms with Crippen molar-refractivity contribution in [1.29, 1.82) is 0 Å². The van der Waals surface area contributed by atoms with Gasteiger partial charge in [-0.1, -0.05) is 212 Å². The van der Waals surface area contributed by atoms with Gasteiger partial charge in [0.05, 0.1) is 22.2 Å². The number of benzene rings is 10. The predicted molar refractivity (Wildman–Crippen MR) is 259 cm³/mol. The van der Waals surface area contributed by atoms with Crippen molar-refractivity contribution in [3.05, 3.63) is 281 Å². The highest BCUT2D eigenvalue weighted by Crippen LogP contribution is 2.66. The Kier molecular flexibility index (Phi) is 7.03. The van der Waals surface area contributed by atoms with E-state index in [0.29, 0.717) is 0 Å². The summed E-state index contributed by atoms with van der Waals surface area (Å²) in [6.07, 6.45) is 0. The lowest BCUT2D eigenvalue weighted by molar-refractivity contribution is 0.793. The lowest BCUT2D eigenvalue weighted by atomic mass is 9.70. The normalized spacial score (nSPS) is 14.3. The Bertz CT molecular complexity index is 3450. The van der Waals surface area contributed by atoms with Gasteiger partial charge in [-0.15, -0.1) is 0 Å². The van der Waals surface area contributed by atoms with Crippen molar-refractivity contribution >= 4 is 17.1 Å². The number of hydrogen-bond acceptors (Lipinski definition) is 1. The maximum Gasteiger partial charge on any atom is 0.0726 e. The lowest BCUT2D eigenvalue weighted by Crippen LogP contribution is -2.26. The van der Waals surface area contributed by atoms with E-state index in [2.05, 4.69) is 241 Å². The molecule has 0 bridgehead atoms. The average Bonchev–Trinajstić information content (AvgIpc) is 4.04. The molecule has 1 nitrogen and oxygen atoms in total. The van der Waals surface area contributed by atoms with Crippen LogP contribution in [0.25, 0.3) is 55.6 Å². The van der Waals surface area contributed by atoms with Crippen molar-refractivity contribution < 1.29 is 0 Å². The molecule has 0 saturated heterocycles. The van der Waals surface area contributed by atoms with E-state index in [-0.39, 0.29) is 0 Å². The molecule has 0 fully saturated rings. The number of rotatable bonds is 4. The maximum atomic E-state index is 2.56. The molecule has 1 heteroatoms. The first-order valence-electron chi connectivity index (χ1n) is 22.1. The highest BCUT2D eigenvalue weighted by molar-refractivity contribution is 6.03. The van der Waals surface area contributed by atoms with Gasteiger partial charge in [0.1, 0.15) is 0 Å². The summed E-state index contributed by atoms with van der Waals surface area (Å²) >= 11 is 0. The minimum atomic E-state index is -0.452. The third-order valence-corrected chi connectivity index (χ3v) is 14.7. The molecule has 0 N–H and O–H groups in total. The molecule has 292 valence electrons. The van der Waals surface area contributed by atoms with E-state index in [1.807, 2.05) is 0 Å². The van der Waals surface area contributed by atoms with Crippen LogP contribution in [0.1, 0.15) is 44.5 Å². The van der Waals surface area contributed by atoms with Crippen LogP contribution >= 0.6 is 0 Å². The Balaban J connectivity index is 1.07. The summed E-state index contributed by atoms with van der Waals surface area (Å²) in [5.41, 5.74) is 26.1. The van der Waals surface area contributed by atoms with E-state index >= 15 is 0 Å². The molecular weight excluding hydrogens is 759 g/mol. The van der Waals surface area contributed by atoms with Crippen molar-refractivity contribution in [1.82, 2.24) is 0 Å². The van der Waals surface area contributed by atoms with Gasteiger partial charge < -0.3 is 4.90 Å². The van der Waals surface area contributed by atoms with Gasteiger partial charge in [0, 0.05) is 16.8 Å². The van der Waals surface area contributed by atoms with Crippen molar-refractivity contribution in [3.63, 3.8) is 0 Å². The van der Waals surface area contributed by atoms with Crippen LogP contribution in [-0.2, 0) is 10.8 Å². The van der Waals surface area contributed by atoms with Crippen LogP contribution in [0.15, 0.2) is 237 Å². The molecule has 0 saturated carbocycles. The van der Waals surface area contributed by atoms with Gasteiger partial charge in [-0.3, -0.25) is 0 Å². The van der Waals surface area contributed by atoms with Gasteiger partial charge >= 0.3 is 0 Å². The summed E-state index contributed by atoms with van der Waals surface area (Å²) in [5, 5.41) is 0. The molecule has 4 aliphatic carbocycles. The Morgan fingerprint density at radius 3 is 1.14 bits per heavy atom. The third-order valence-electron chi connectivity index (χ3n) is 14.7. The molecule has 0 heterocycles. The summed E-state index contributed by atoms with van der Waals surface area (Å²) in [5.74, 6) is 0. The van der Waals surface area contributed by atoms with Gasteiger partial charge in [-0.25, -0.2) is 0 Å². The summed E-state index contributed by atoms with van der Waals surface area (Å²) in [6.45, 7) is 0.